The number of nitrogens with zero attached hydrogens (tertiary/aromatic N) is 2. The minimum absolute atomic E-state index is 0.00498. The van der Waals surface area contributed by atoms with E-state index in [0.717, 1.165) is 49.8 Å². The zero-order valence-electron chi connectivity index (χ0n) is 20.7. The number of piperidine rings is 1. The molecule has 2 aliphatic heterocycles. The average molecular weight is 499 g/mol. The lowest BCUT2D eigenvalue weighted by Crippen LogP contribution is -2.50. The second-order valence-electron chi connectivity index (χ2n) is 9.89. The van der Waals surface area contributed by atoms with Gasteiger partial charge in [-0.1, -0.05) is 36.2 Å². The van der Waals surface area contributed by atoms with E-state index in [0.29, 0.717) is 30.4 Å². The number of likely N-dealkylation sites (tertiary alicyclic amines) is 1. The number of aryl methyl sites for hydroxylation is 1. The van der Waals surface area contributed by atoms with Crippen LogP contribution in [0.1, 0.15) is 44.6 Å². The van der Waals surface area contributed by atoms with Gasteiger partial charge in [-0.05, 0) is 80.3 Å². The molecule has 1 fully saturated rings. The van der Waals surface area contributed by atoms with E-state index in [1.165, 1.54) is 0 Å². The topological polar surface area (TPSA) is 59.1 Å². The molecule has 1 spiro atoms. The number of fused-ring (bicyclic) bond motifs is 1. The highest BCUT2D eigenvalue weighted by Gasteiger charge is 2.38. The summed E-state index contributed by atoms with van der Waals surface area (Å²) >= 11 is 5.91. The minimum Gasteiger partial charge on any atom is -0.484 e. The maximum Gasteiger partial charge on any atom is 0.263 e. The van der Waals surface area contributed by atoms with E-state index < -0.39 is 6.10 Å². The standard InChI is InChI=1S/C28H35ClN2O4/c1-21-27(33)30(2)20-28(14-6-5-8-22-7-3-4-9-25(22)35-21)15-17-31(18-16-28)26(32)19-34-24-12-10-23(29)11-13-24/h3-4,7,9-13,21H,5-6,8,14-20H2,1-2H3/t21-/m1/s1. The number of ether oxygens (including phenoxy) is 2. The quantitative estimate of drug-likeness (QED) is 0.599. The molecule has 0 aromatic heterocycles. The lowest BCUT2D eigenvalue weighted by molar-refractivity contribution is -0.141. The van der Waals surface area contributed by atoms with E-state index in [1.54, 1.807) is 24.3 Å². The van der Waals surface area contributed by atoms with Gasteiger partial charge < -0.3 is 19.3 Å². The summed E-state index contributed by atoms with van der Waals surface area (Å²) in [6.07, 6.45) is 5.36. The minimum atomic E-state index is -0.538. The molecule has 0 aliphatic carbocycles. The molecule has 1 atom stereocenters. The van der Waals surface area contributed by atoms with Crippen LogP contribution in [0.3, 0.4) is 0 Å². The van der Waals surface area contributed by atoms with Crippen LogP contribution in [0.4, 0.5) is 0 Å². The molecule has 2 amide bonds. The summed E-state index contributed by atoms with van der Waals surface area (Å²) in [5.41, 5.74) is 1.17. The molecule has 7 heteroatoms. The number of likely N-dealkylation sites (N-methyl/N-ethyl adjacent to an activating group) is 1. The first kappa shape index (κ1) is 25.4. The van der Waals surface area contributed by atoms with Gasteiger partial charge in [0.2, 0.25) is 0 Å². The lowest BCUT2D eigenvalue weighted by Gasteiger charge is -2.44. The third-order valence-electron chi connectivity index (χ3n) is 7.33. The summed E-state index contributed by atoms with van der Waals surface area (Å²) in [5.74, 6) is 1.43. The predicted octanol–water partition coefficient (Wildman–Crippen LogP) is 4.98. The SMILES string of the molecule is C[C@H]1Oc2ccccc2CCCCC2(CCN(C(=O)COc3ccc(Cl)cc3)CC2)CN(C)C1=O. The van der Waals surface area contributed by atoms with Crippen molar-refractivity contribution in [2.24, 2.45) is 5.41 Å². The van der Waals surface area contributed by atoms with Gasteiger partial charge in [-0.2, -0.15) is 0 Å². The van der Waals surface area contributed by atoms with Crippen molar-refractivity contribution in [3.05, 3.63) is 59.1 Å². The van der Waals surface area contributed by atoms with E-state index in [1.807, 2.05) is 42.0 Å². The van der Waals surface area contributed by atoms with Gasteiger partial charge in [0.05, 0.1) is 0 Å². The van der Waals surface area contributed by atoms with Gasteiger partial charge in [0, 0.05) is 31.7 Å². The van der Waals surface area contributed by atoms with Crippen LogP contribution in [0.2, 0.25) is 5.02 Å². The number of rotatable bonds is 3. The molecule has 2 heterocycles. The Morgan fingerprint density at radius 3 is 2.54 bits per heavy atom. The van der Waals surface area contributed by atoms with Gasteiger partial charge >= 0.3 is 0 Å². The summed E-state index contributed by atoms with van der Waals surface area (Å²) in [7, 11) is 1.87. The molecule has 0 saturated carbocycles. The van der Waals surface area contributed by atoms with Crippen molar-refractivity contribution >= 4 is 23.4 Å². The van der Waals surface area contributed by atoms with E-state index in [2.05, 4.69) is 6.07 Å². The van der Waals surface area contributed by atoms with Crippen LogP contribution in [0, 0.1) is 5.41 Å². The summed E-state index contributed by atoms with van der Waals surface area (Å²) in [6, 6.07) is 15.1. The fraction of sp³-hybridized carbons (Fsp3) is 0.500. The summed E-state index contributed by atoms with van der Waals surface area (Å²) in [6.45, 7) is 3.89. The maximum absolute atomic E-state index is 13.1. The second kappa shape index (κ2) is 11.3. The lowest BCUT2D eigenvalue weighted by atomic mass is 9.73. The fourth-order valence-corrected chi connectivity index (χ4v) is 5.38. The number of halogens is 1. The monoisotopic (exact) mass is 498 g/mol. The smallest absolute Gasteiger partial charge is 0.263 e. The molecule has 0 N–H and O–H groups in total. The Morgan fingerprint density at radius 2 is 1.80 bits per heavy atom. The molecule has 2 aliphatic rings. The van der Waals surface area contributed by atoms with Crippen LogP contribution in [-0.2, 0) is 16.0 Å². The van der Waals surface area contributed by atoms with E-state index in [9.17, 15) is 9.59 Å². The third-order valence-corrected chi connectivity index (χ3v) is 7.58. The molecular weight excluding hydrogens is 464 g/mol. The van der Waals surface area contributed by atoms with Crippen molar-refractivity contribution in [3.8, 4) is 11.5 Å². The van der Waals surface area contributed by atoms with Gasteiger partial charge in [-0.25, -0.2) is 0 Å². The number of benzene rings is 2. The molecule has 0 bridgehead atoms. The van der Waals surface area contributed by atoms with Crippen LogP contribution in [0.25, 0.3) is 0 Å². The van der Waals surface area contributed by atoms with Gasteiger partial charge in [0.15, 0.2) is 12.7 Å². The molecule has 2 aromatic carbocycles. The van der Waals surface area contributed by atoms with E-state index in [4.69, 9.17) is 21.1 Å². The van der Waals surface area contributed by atoms with Gasteiger partial charge in [0.1, 0.15) is 11.5 Å². The maximum atomic E-state index is 13.1. The molecule has 35 heavy (non-hydrogen) atoms. The first-order chi connectivity index (χ1) is 16.8. The zero-order valence-corrected chi connectivity index (χ0v) is 21.4. The molecule has 188 valence electrons. The van der Waals surface area contributed by atoms with Crippen molar-refractivity contribution in [1.29, 1.82) is 0 Å². The number of para-hydroxylation sites is 1. The van der Waals surface area contributed by atoms with Crippen molar-refractivity contribution < 1.29 is 19.1 Å². The molecule has 0 radical (unpaired) electrons. The molecule has 0 unspecified atom stereocenters. The highest BCUT2D eigenvalue weighted by atomic mass is 35.5. The Morgan fingerprint density at radius 1 is 1.09 bits per heavy atom. The largest absolute Gasteiger partial charge is 0.484 e. The van der Waals surface area contributed by atoms with Crippen molar-refractivity contribution in [1.82, 2.24) is 9.80 Å². The Bertz CT molecular complexity index is 1020. The Kier molecular flexibility index (Phi) is 8.22. The summed E-state index contributed by atoms with van der Waals surface area (Å²) in [5, 5.41) is 0.635. The number of amides is 2. The average Bonchev–Trinajstić information content (AvgIpc) is 2.86. The van der Waals surface area contributed by atoms with Crippen LogP contribution >= 0.6 is 11.6 Å². The van der Waals surface area contributed by atoms with Crippen molar-refractivity contribution in [3.63, 3.8) is 0 Å². The van der Waals surface area contributed by atoms with E-state index in [-0.39, 0.29) is 23.8 Å². The highest BCUT2D eigenvalue weighted by molar-refractivity contribution is 6.30. The van der Waals surface area contributed by atoms with Crippen molar-refractivity contribution in [2.45, 2.75) is 51.6 Å². The Labute approximate surface area is 213 Å². The summed E-state index contributed by atoms with van der Waals surface area (Å²) in [4.78, 5) is 29.6. The Balaban J connectivity index is 1.38. The number of hydrogen-bond donors (Lipinski definition) is 0. The van der Waals surface area contributed by atoms with Gasteiger partial charge in [0.25, 0.3) is 11.8 Å². The number of carbonyl (C=O) groups excluding carboxylic acids is 2. The Hall–Kier alpha value is -2.73. The normalized spacial score (nSPS) is 20.9. The molecule has 2 aromatic rings. The van der Waals surface area contributed by atoms with Gasteiger partial charge in [-0.3, -0.25) is 9.59 Å². The van der Waals surface area contributed by atoms with Crippen LogP contribution in [0.15, 0.2) is 48.5 Å². The molecular formula is C28H35ClN2O4. The highest BCUT2D eigenvalue weighted by Crippen LogP contribution is 2.38. The molecule has 6 nitrogen and oxygen atoms in total. The van der Waals surface area contributed by atoms with Crippen LogP contribution < -0.4 is 9.47 Å². The predicted molar refractivity (Wildman–Crippen MR) is 137 cm³/mol. The first-order valence-corrected chi connectivity index (χ1v) is 12.9. The summed E-state index contributed by atoms with van der Waals surface area (Å²) < 4.78 is 11.7. The van der Waals surface area contributed by atoms with Gasteiger partial charge in [-0.15, -0.1) is 0 Å². The second-order valence-corrected chi connectivity index (χ2v) is 10.3. The van der Waals surface area contributed by atoms with E-state index >= 15 is 0 Å². The molecule has 4 rings (SSSR count). The third kappa shape index (κ3) is 6.49. The van der Waals surface area contributed by atoms with Crippen LogP contribution in [-0.4, -0.2) is 61.0 Å². The zero-order chi connectivity index (χ0) is 24.8. The van der Waals surface area contributed by atoms with Crippen LogP contribution in [0.5, 0.6) is 11.5 Å². The number of hydrogen-bond acceptors (Lipinski definition) is 4. The number of carbonyl (C=O) groups is 2. The van der Waals surface area contributed by atoms with Crippen molar-refractivity contribution in [2.75, 3.05) is 33.3 Å². The first-order valence-electron chi connectivity index (χ1n) is 12.5. The fourth-order valence-electron chi connectivity index (χ4n) is 5.26. The molecule has 1 saturated heterocycles.